The lowest BCUT2D eigenvalue weighted by Gasteiger charge is -2.34. The van der Waals surface area contributed by atoms with E-state index in [0.717, 1.165) is 30.6 Å². The second-order valence-corrected chi connectivity index (χ2v) is 7.51. The van der Waals surface area contributed by atoms with Crippen LogP contribution in [0.4, 0.5) is 0 Å². The van der Waals surface area contributed by atoms with Gasteiger partial charge in [0.25, 0.3) is 5.91 Å². The van der Waals surface area contributed by atoms with E-state index in [1.165, 1.54) is 5.56 Å². The highest BCUT2D eigenvalue weighted by molar-refractivity contribution is 6.31. The highest BCUT2D eigenvalue weighted by atomic mass is 35.5. The minimum absolute atomic E-state index is 0.0668. The molecule has 1 saturated heterocycles. The summed E-state index contributed by atoms with van der Waals surface area (Å²) in [5.41, 5.74) is 3.36. The van der Waals surface area contributed by atoms with Gasteiger partial charge in [-0.2, -0.15) is 5.26 Å². The highest BCUT2D eigenvalue weighted by Crippen LogP contribution is 2.29. The van der Waals surface area contributed by atoms with Crippen LogP contribution in [0.3, 0.4) is 0 Å². The second-order valence-electron chi connectivity index (χ2n) is 7.07. The van der Waals surface area contributed by atoms with E-state index in [2.05, 4.69) is 11.0 Å². The summed E-state index contributed by atoms with van der Waals surface area (Å²) in [6, 6.07) is 15.2. The number of fused-ring (bicyclic) bond motifs is 1. The van der Waals surface area contributed by atoms with Crippen LogP contribution in [-0.2, 0) is 6.54 Å². The molecule has 1 aromatic heterocycles. The maximum absolute atomic E-state index is 13.0. The Morgan fingerprint density at radius 2 is 1.86 bits per heavy atom. The van der Waals surface area contributed by atoms with Crippen LogP contribution in [0.2, 0.25) is 5.02 Å². The summed E-state index contributed by atoms with van der Waals surface area (Å²) >= 11 is 6.07. The molecule has 0 aliphatic carbocycles. The van der Waals surface area contributed by atoms with Crippen LogP contribution >= 0.6 is 11.6 Å². The average molecular weight is 394 g/mol. The molecule has 3 aromatic rings. The molecule has 1 aliphatic rings. The van der Waals surface area contributed by atoms with Gasteiger partial charge in [0, 0.05) is 48.7 Å². The monoisotopic (exact) mass is 393 g/mol. The third kappa shape index (κ3) is 3.62. The second kappa shape index (κ2) is 7.67. The van der Waals surface area contributed by atoms with Crippen molar-refractivity contribution in [3.05, 3.63) is 69.9 Å². The number of benzene rings is 2. The zero-order valence-corrected chi connectivity index (χ0v) is 16.4. The number of carbonyl (C=O) groups excluding carboxylic acids is 1. The Kier molecular flexibility index (Phi) is 5.08. The summed E-state index contributed by atoms with van der Waals surface area (Å²) in [6.45, 7) is 5.64. The third-order valence-electron chi connectivity index (χ3n) is 5.24. The lowest BCUT2D eigenvalue weighted by molar-refractivity contribution is 0.0599. The van der Waals surface area contributed by atoms with Gasteiger partial charge in [-0.25, -0.2) is 0 Å². The number of hydrogen-bond donors (Lipinski definition) is 0. The van der Waals surface area contributed by atoms with E-state index in [4.69, 9.17) is 21.3 Å². The number of nitrogens with zero attached hydrogens (tertiary/aromatic N) is 3. The van der Waals surface area contributed by atoms with Crippen molar-refractivity contribution in [1.29, 1.82) is 5.26 Å². The van der Waals surface area contributed by atoms with Crippen LogP contribution in [-0.4, -0.2) is 41.9 Å². The van der Waals surface area contributed by atoms with E-state index in [9.17, 15) is 4.79 Å². The number of amides is 1. The normalized spacial score (nSPS) is 15.0. The van der Waals surface area contributed by atoms with Gasteiger partial charge in [0.15, 0.2) is 5.76 Å². The van der Waals surface area contributed by atoms with Crippen molar-refractivity contribution in [2.45, 2.75) is 13.5 Å². The van der Waals surface area contributed by atoms with Gasteiger partial charge in [-0.3, -0.25) is 9.69 Å². The Morgan fingerprint density at radius 3 is 2.54 bits per heavy atom. The van der Waals surface area contributed by atoms with Crippen molar-refractivity contribution in [1.82, 2.24) is 9.80 Å². The van der Waals surface area contributed by atoms with Gasteiger partial charge < -0.3 is 9.32 Å². The number of carbonyl (C=O) groups is 1. The zero-order chi connectivity index (χ0) is 19.7. The molecular weight excluding hydrogens is 374 g/mol. The summed E-state index contributed by atoms with van der Waals surface area (Å²) in [5.74, 6) is 0.334. The number of aryl methyl sites for hydroxylation is 1. The van der Waals surface area contributed by atoms with Gasteiger partial charge in [-0.05, 0) is 42.8 Å². The molecule has 1 fully saturated rings. The largest absolute Gasteiger partial charge is 0.451 e. The van der Waals surface area contributed by atoms with Crippen LogP contribution in [0.1, 0.15) is 27.2 Å². The molecule has 0 saturated carbocycles. The smallest absolute Gasteiger partial charge is 0.289 e. The van der Waals surface area contributed by atoms with E-state index in [1.807, 2.05) is 42.2 Å². The van der Waals surface area contributed by atoms with Crippen molar-refractivity contribution in [3.63, 3.8) is 0 Å². The van der Waals surface area contributed by atoms with Crippen LogP contribution < -0.4 is 0 Å². The first-order chi connectivity index (χ1) is 13.5. The van der Waals surface area contributed by atoms with Gasteiger partial charge in [-0.15, -0.1) is 0 Å². The zero-order valence-electron chi connectivity index (χ0n) is 15.6. The summed E-state index contributed by atoms with van der Waals surface area (Å²) in [7, 11) is 0. The van der Waals surface area contributed by atoms with Crippen LogP contribution in [0.25, 0.3) is 11.0 Å². The summed E-state index contributed by atoms with van der Waals surface area (Å²) in [5, 5.41) is 10.4. The molecule has 1 aliphatic heterocycles. The lowest BCUT2D eigenvalue weighted by atomic mass is 10.1. The van der Waals surface area contributed by atoms with E-state index in [1.54, 1.807) is 12.1 Å². The molecule has 28 heavy (non-hydrogen) atoms. The van der Waals surface area contributed by atoms with Crippen molar-refractivity contribution >= 4 is 28.5 Å². The maximum atomic E-state index is 13.0. The number of halogens is 1. The van der Waals surface area contributed by atoms with E-state index in [0.29, 0.717) is 35.0 Å². The van der Waals surface area contributed by atoms with E-state index >= 15 is 0 Å². The van der Waals surface area contributed by atoms with Gasteiger partial charge in [0.05, 0.1) is 11.6 Å². The highest BCUT2D eigenvalue weighted by Gasteiger charge is 2.26. The Morgan fingerprint density at radius 1 is 1.14 bits per heavy atom. The first-order valence-corrected chi connectivity index (χ1v) is 9.62. The number of furan rings is 1. The van der Waals surface area contributed by atoms with Gasteiger partial charge >= 0.3 is 0 Å². The lowest BCUT2D eigenvalue weighted by Crippen LogP contribution is -2.48. The average Bonchev–Trinajstić information content (AvgIpc) is 3.04. The molecule has 0 bridgehead atoms. The van der Waals surface area contributed by atoms with Crippen molar-refractivity contribution < 1.29 is 9.21 Å². The van der Waals surface area contributed by atoms with Gasteiger partial charge in [-0.1, -0.05) is 23.7 Å². The molecule has 5 nitrogen and oxygen atoms in total. The van der Waals surface area contributed by atoms with Gasteiger partial charge in [0.1, 0.15) is 5.58 Å². The topological polar surface area (TPSA) is 60.5 Å². The van der Waals surface area contributed by atoms with Crippen molar-refractivity contribution in [3.8, 4) is 6.07 Å². The molecule has 6 heteroatoms. The molecular formula is C22H20ClN3O2. The predicted octanol–water partition coefficient (Wildman–Crippen LogP) is 4.22. The molecule has 4 rings (SSSR count). The fraction of sp³-hybridized carbons (Fsp3) is 0.273. The number of nitriles is 1. The maximum Gasteiger partial charge on any atom is 0.289 e. The molecule has 0 N–H and O–H groups in total. The first-order valence-electron chi connectivity index (χ1n) is 9.24. The molecule has 0 radical (unpaired) electrons. The fourth-order valence-corrected chi connectivity index (χ4v) is 3.76. The molecule has 0 unspecified atom stereocenters. The molecule has 1 amide bonds. The number of piperazine rings is 1. The van der Waals surface area contributed by atoms with E-state index in [-0.39, 0.29) is 5.91 Å². The Hall–Kier alpha value is -2.81. The summed E-state index contributed by atoms with van der Waals surface area (Å²) in [6.07, 6.45) is 0. The Balaban J connectivity index is 1.41. The fourth-order valence-electron chi connectivity index (χ4n) is 3.59. The Bertz CT molecular complexity index is 1060. The molecule has 2 aromatic carbocycles. The van der Waals surface area contributed by atoms with Gasteiger partial charge in [0.2, 0.25) is 0 Å². The van der Waals surface area contributed by atoms with Crippen LogP contribution in [0.15, 0.2) is 46.9 Å². The molecule has 0 spiro atoms. The standard InChI is InChI=1S/C22H20ClN3O2/c1-15-19-12-18(23)6-7-20(19)28-21(15)22(27)26-10-8-25(9-11-26)14-17-4-2-16(13-24)3-5-17/h2-7,12H,8-11,14H2,1H3. The summed E-state index contributed by atoms with van der Waals surface area (Å²) in [4.78, 5) is 17.1. The van der Waals surface area contributed by atoms with E-state index < -0.39 is 0 Å². The summed E-state index contributed by atoms with van der Waals surface area (Å²) < 4.78 is 5.82. The Labute approximate surface area is 168 Å². The number of rotatable bonds is 3. The van der Waals surface area contributed by atoms with Crippen LogP contribution in [0, 0.1) is 18.3 Å². The third-order valence-corrected chi connectivity index (χ3v) is 5.48. The quantitative estimate of drug-likeness (QED) is 0.668. The van der Waals surface area contributed by atoms with Crippen molar-refractivity contribution in [2.75, 3.05) is 26.2 Å². The minimum Gasteiger partial charge on any atom is -0.451 e. The molecule has 2 heterocycles. The minimum atomic E-state index is -0.0668. The SMILES string of the molecule is Cc1c(C(=O)N2CCN(Cc3ccc(C#N)cc3)CC2)oc2ccc(Cl)cc12. The number of hydrogen-bond acceptors (Lipinski definition) is 4. The predicted molar refractivity (Wildman–Crippen MR) is 108 cm³/mol. The van der Waals surface area contributed by atoms with Crippen molar-refractivity contribution in [2.24, 2.45) is 0 Å². The molecule has 0 atom stereocenters. The first kappa shape index (κ1) is 18.5. The van der Waals surface area contributed by atoms with Crippen LogP contribution in [0.5, 0.6) is 0 Å². The molecule has 142 valence electrons.